The number of carbonyl (C=O) groups is 1. The van der Waals surface area contributed by atoms with E-state index < -0.39 is 10.0 Å². The Bertz CT molecular complexity index is 1210. The minimum absolute atomic E-state index is 0.167. The summed E-state index contributed by atoms with van der Waals surface area (Å²) in [7, 11) is -3.61. The molecule has 0 bridgehead atoms. The SMILES string of the molecule is CCn1c(C(C)NC(=O)c2cccc(S(=O)(=O)N3CCCCCC3)c2)nc2ccccc21. The Labute approximate surface area is 189 Å². The first-order valence-corrected chi connectivity index (χ1v) is 12.7. The van der Waals surface area contributed by atoms with E-state index >= 15 is 0 Å². The molecule has 4 rings (SSSR count). The van der Waals surface area contributed by atoms with Gasteiger partial charge in [-0.2, -0.15) is 4.31 Å². The van der Waals surface area contributed by atoms with Crippen LogP contribution in [0.2, 0.25) is 0 Å². The highest BCUT2D eigenvalue weighted by molar-refractivity contribution is 7.89. The van der Waals surface area contributed by atoms with Crippen LogP contribution >= 0.6 is 0 Å². The number of rotatable bonds is 6. The number of hydrogen-bond donors (Lipinski definition) is 1. The molecule has 1 aliphatic rings. The van der Waals surface area contributed by atoms with E-state index in [4.69, 9.17) is 4.98 Å². The maximum Gasteiger partial charge on any atom is 0.251 e. The zero-order valence-corrected chi connectivity index (χ0v) is 19.4. The second-order valence-electron chi connectivity index (χ2n) is 8.24. The summed E-state index contributed by atoms with van der Waals surface area (Å²) in [4.78, 5) is 17.9. The van der Waals surface area contributed by atoms with Gasteiger partial charge < -0.3 is 9.88 Å². The van der Waals surface area contributed by atoms with Gasteiger partial charge in [-0.3, -0.25) is 4.79 Å². The van der Waals surface area contributed by atoms with Crippen LogP contribution in [0.1, 0.15) is 61.8 Å². The first-order chi connectivity index (χ1) is 15.4. The van der Waals surface area contributed by atoms with Crippen molar-refractivity contribution in [3.63, 3.8) is 0 Å². The molecule has 2 aromatic carbocycles. The number of imidazole rings is 1. The molecule has 1 atom stereocenters. The van der Waals surface area contributed by atoms with Crippen LogP contribution in [-0.2, 0) is 16.6 Å². The number of benzene rings is 2. The molecule has 1 N–H and O–H groups in total. The van der Waals surface area contributed by atoms with Crippen LogP contribution in [0.5, 0.6) is 0 Å². The molecule has 2 heterocycles. The third kappa shape index (κ3) is 4.42. The van der Waals surface area contributed by atoms with Gasteiger partial charge in [-0.1, -0.05) is 31.0 Å². The van der Waals surface area contributed by atoms with E-state index in [1.165, 1.54) is 6.07 Å². The number of amides is 1. The van der Waals surface area contributed by atoms with Crippen molar-refractivity contribution >= 4 is 27.0 Å². The molecule has 1 fully saturated rings. The summed E-state index contributed by atoms with van der Waals surface area (Å²) in [6, 6.07) is 13.9. The maximum atomic E-state index is 13.1. The molecular formula is C24H30N4O3S. The van der Waals surface area contributed by atoms with E-state index in [1.54, 1.807) is 22.5 Å². The number of aromatic nitrogens is 2. The minimum Gasteiger partial charge on any atom is -0.342 e. The monoisotopic (exact) mass is 454 g/mol. The molecule has 0 radical (unpaired) electrons. The predicted octanol–water partition coefficient (Wildman–Crippen LogP) is 4.11. The van der Waals surface area contributed by atoms with E-state index in [0.29, 0.717) is 18.7 Å². The lowest BCUT2D eigenvalue weighted by atomic mass is 10.2. The summed E-state index contributed by atoms with van der Waals surface area (Å²) in [5.41, 5.74) is 2.24. The van der Waals surface area contributed by atoms with Crippen LogP contribution in [0.3, 0.4) is 0 Å². The summed E-state index contributed by atoms with van der Waals surface area (Å²) in [6.07, 6.45) is 3.84. The molecule has 32 heavy (non-hydrogen) atoms. The van der Waals surface area contributed by atoms with E-state index in [2.05, 4.69) is 9.88 Å². The molecule has 1 aliphatic heterocycles. The molecule has 3 aromatic rings. The highest BCUT2D eigenvalue weighted by Gasteiger charge is 2.26. The van der Waals surface area contributed by atoms with Crippen LogP contribution in [0.15, 0.2) is 53.4 Å². The standard InChI is InChI=1S/C24H30N4O3S/c1-3-28-22-14-7-6-13-21(22)26-23(28)18(2)25-24(29)19-11-10-12-20(17-19)32(30,31)27-15-8-4-5-9-16-27/h6-7,10-14,17-18H,3-5,8-9,15-16H2,1-2H3,(H,25,29). The number of hydrogen-bond acceptors (Lipinski definition) is 4. The van der Waals surface area contributed by atoms with Gasteiger partial charge in [-0.25, -0.2) is 13.4 Å². The number of carbonyl (C=O) groups excluding carboxylic acids is 1. The van der Waals surface area contributed by atoms with Crippen LogP contribution < -0.4 is 5.32 Å². The van der Waals surface area contributed by atoms with Gasteiger partial charge in [-0.15, -0.1) is 0 Å². The van der Waals surface area contributed by atoms with E-state index in [-0.39, 0.29) is 16.8 Å². The van der Waals surface area contributed by atoms with Crippen molar-refractivity contribution in [2.45, 2.75) is 57.0 Å². The minimum atomic E-state index is -3.61. The van der Waals surface area contributed by atoms with E-state index in [0.717, 1.165) is 49.1 Å². The lowest BCUT2D eigenvalue weighted by Gasteiger charge is -2.20. The second kappa shape index (κ2) is 9.42. The lowest BCUT2D eigenvalue weighted by molar-refractivity contribution is 0.0937. The molecule has 0 aliphatic carbocycles. The third-order valence-electron chi connectivity index (χ3n) is 6.03. The zero-order chi connectivity index (χ0) is 22.7. The summed E-state index contributed by atoms with van der Waals surface area (Å²) in [5, 5.41) is 2.99. The molecular weight excluding hydrogens is 424 g/mol. The van der Waals surface area contributed by atoms with Gasteiger partial charge in [0.05, 0.1) is 22.0 Å². The molecule has 1 unspecified atom stereocenters. The number of para-hydroxylation sites is 2. The fraction of sp³-hybridized carbons (Fsp3) is 0.417. The fourth-order valence-electron chi connectivity index (χ4n) is 4.33. The van der Waals surface area contributed by atoms with Crippen molar-refractivity contribution in [1.82, 2.24) is 19.2 Å². The van der Waals surface area contributed by atoms with Crippen molar-refractivity contribution in [1.29, 1.82) is 0 Å². The molecule has 0 spiro atoms. The summed E-state index contributed by atoms with van der Waals surface area (Å²) < 4.78 is 29.9. The Kier molecular flexibility index (Phi) is 6.62. The summed E-state index contributed by atoms with van der Waals surface area (Å²) in [6.45, 7) is 5.73. The molecule has 1 amide bonds. The van der Waals surface area contributed by atoms with Crippen molar-refractivity contribution in [2.24, 2.45) is 0 Å². The zero-order valence-electron chi connectivity index (χ0n) is 18.6. The Balaban J connectivity index is 1.56. The smallest absolute Gasteiger partial charge is 0.251 e. The number of fused-ring (bicyclic) bond motifs is 1. The second-order valence-corrected chi connectivity index (χ2v) is 10.2. The number of sulfonamides is 1. The van der Waals surface area contributed by atoms with Crippen molar-refractivity contribution in [2.75, 3.05) is 13.1 Å². The largest absolute Gasteiger partial charge is 0.342 e. The van der Waals surface area contributed by atoms with E-state index in [9.17, 15) is 13.2 Å². The Hall–Kier alpha value is -2.71. The molecule has 7 nitrogen and oxygen atoms in total. The molecule has 8 heteroatoms. The van der Waals surface area contributed by atoms with Crippen LogP contribution in [0.25, 0.3) is 11.0 Å². The summed E-state index contributed by atoms with van der Waals surface area (Å²) in [5.74, 6) is 0.454. The van der Waals surface area contributed by atoms with Crippen molar-refractivity contribution < 1.29 is 13.2 Å². The predicted molar refractivity (Wildman–Crippen MR) is 125 cm³/mol. The Morgan fingerprint density at radius 1 is 1.06 bits per heavy atom. The molecule has 170 valence electrons. The van der Waals surface area contributed by atoms with Crippen LogP contribution in [-0.4, -0.2) is 41.3 Å². The Morgan fingerprint density at radius 2 is 1.78 bits per heavy atom. The quantitative estimate of drug-likeness (QED) is 0.607. The molecule has 1 saturated heterocycles. The van der Waals surface area contributed by atoms with Gasteiger partial charge in [0.15, 0.2) is 0 Å². The number of nitrogens with one attached hydrogen (secondary N) is 1. The van der Waals surface area contributed by atoms with Crippen molar-refractivity contribution in [3.05, 3.63) is 59.9 Å². The Morgan fingerprint density at radius 3 is 2.50 bits per heavy atom. The maximum absolute atomic E-state index is 13.1. The average molecular weight is 455 g/mol. The highest BCUT2D eigenvalue weighted by Crippen LogP contribution is 2.23. The van der Waals surface area contributed by atoms with Gasteiger partial charge in [0, 0.05) is 25.2 Å². The van der Waals surface area contributed by atoms with Gasteiger partial charge in [0.25, 0.3) is 5.91 Å². The van der Waals surface area contributed by atoms with Gasteiger partial charge >= 0.3 is 0 Å². The highest BCUT2D eigenvalue weighted by atomic mass is 32.2. The summed E-state index contributed by atoms with van der Waals surface area (Å²) >= 11 is 0. The average Bonchev–Trinajstić information content (AvgIpc) is 2.96. The van der Waals surface area contributed by atoms with Gasteiger partial charge in [0.1, 0.15) is 5.82 Å². The molecule has 0 saturated carbocycles. The van der Waals surface area contributed by atoms with Gasteiger partial charge in [-0.05, 0) is 57.0 Å². The molecule has 1 aromatic heterocycles. The lowest BCUT2D eigenvalue weighted by Crippen LogP contribution is -2.32. The van der Waals surface area contributed by atoms with E-state index in [1.807, 2.05) is 38.1 Å². The number of nitrogens with zero attached hydrogens (tertiary/aromatic N) is 3. The van der Waals surface area contributed by atoms with Crippen LogP contribution in [0.4, 0.5) is 0 Å². The first-order valence-electron chi connectivity index (χ1n) is 11.3. The fourth-order valence-corrected chi connectivity index (χ4v) is 5.89. The van der Waals surface area contributed by atoms with Gasteiger partial charge in [0.2, 0.25) is 10.0 Å². The third-order valence-corrected chi connectivity index (χ3v) is 7.93. The van der Waals surface area contributed by atoms with Crippen LogP contribution in [0, 0.1) is 0 Å². The van der Waals surface area contributed by atoms with Crippen molar-refractivity contribution in [3.8, 4) is 0 Å². The number of aryl methyl sites for hydroxylation is 1. The topological polar surface area (TPSA) is 84.3 Å². The first kappa shape index (κ1) is 22.5. The normalized spacial score (nSPS) is 16.6.